The molecule has 1 fully saturated rings. The number of alkyl halides is 2. The first-order chi connectivity index (χ1) is 17.7. The smallest absolute Gasteiger partial charge is 0.383 e. The fraction of sp³-hybridized carbons (Fsp3) is 0.385. The first-order valence-electron chi connectivity index (χ1n) is 11.9. The maximum Gasteiger partial charge on any atom is 0.383 e. The zero-order valence-corrected chi connectivity index (χ0v) is 20.4. The van der Waals surface area contributed by atoms with Crippen LogP contribution in [0.3, 0.4) is 0 Å². The van der Waals surface area contributed by atoms with Crippen LogP contribution in [0.2, 0.25) is 5.02 Å². The van der Waals surface area contributed by atoms with Gasteiger partial charge in [-0.1, -0.05) is 11.6 Å². The molecule has 11 heteroatoms. The van der Waals surface area contributed by atoms with Crippen LogP contribution < -0.4 is 9.47 Å². The van der Waals surface area contributed by atoms with Crippen molar-refractivity contribution in [3.05, 3.63) is 58.6 Å². The van der Waals surface area contributed by atoms with Crippen molar-refractivity contribution >= 4 is 34.7 Å². The topological polar surface area (TPSA) is 84.5 Å². The molecule has 0 aliphatic carbocycles. The van der Waals surface area contributed by atoms with Crippen LogP contribution in [0.4, 0.5) is 13.2 Å². The third kappa shape index (κ3) is 5.32. The third-order valence-corrected chi connectivity index (χ3v) is 6.73. The first-order valence-corrected chi connectivity index (χ1v) is 12.3. The molecule has 196 valence electrons. The van der Waals surface area contributed by atoms with E-state index in [0.29, 0.717) is 10.4 Å². The lowest BCUT2D eigenvalue weighted by atomic mass is 9.95. The third-order valence-electron chi connectivity index (χ3n) is 6.49. The van der Waals surface area contributed by atoms with E-state index in [-0.39, 0.29) is 42.4 Å². The van der Waals surface area contributed by atoms with E-state index in [2.05, 4.69) is 4.99 Å². The summed E-state index contributed by atoms with van der Waals surface area (Å²) in [5.41, 5.74) is 0.0422. The van der Waals surface area contributed by atoms with E-state index in [1.165, 1.54) is 24.3 Å². The quantitative estimate of drug-likeness (QED) is 0.421. The number of hydrogen-bond acceptors (Lipinski definition) is 6. The first kappa shape index (κ1) is 25.6. The van der Waals surface area contributed by atoms with Gasteiger partial charge in [0, 0.05) is 40.7 Å². The van der Waals surface area contributed by atoms with Crippen LogP contribution in [-0.4, -0.2) is 55.0 Å². The van der Waals surface area contributed by atoms with Crippen LogP contribution in [0, 0.1) is 11.7 Å². The van der Waals surface area contributed by atoms with E-state index in [4.69, 9.17) is 25.5 Å². The molecule has 1 N–H and O–H groups in total. The Kier molecular flexibility index (Phi) is 7.15. The monoisotopic (exact) mass is 536 g/mol. The Labute approximate surface area is 215 Å². The lowest BCUT2D eigenvalue weighted by Gasteiger charge is -2.26. The number of amides is 1. The van der Waals surface area contributed by atoms with Gasteiger partial charge >= 0.3 is 11.8 Å². The van der Waals surface area contributed by atoms with E-state index in [0.717, 1.165) is 44.3 Å². The Morgan fingerprint density at radius 2 is 1.84 bits per heavy atom. The predicted molar refractivity (Wildman–Crippen MR) is 130 cm³/mol. The van der Waals surface area contributed by atoms with Crippen molar-refractivity contribution in [1.82, 2.24) is 4.90 Å². The second-order valence-corrected chi connectivity index (χ2v) is 9.52. The molecule has 2 aliphatic rings. The molecular formula is C26H24ClF3N2O5. The second kappa shape index (κ2) is 10.4. The van der Waals surface area contributed by atoms with E-state index >= 15 is 0 Å². The molecule has 37 heavy (non-hydrogen) atoms. The second-order valence-electron chi connectivity index (χ2n) is 9.08. The van der Waals surface area contributed by atoms with Gasteiger partial charge in [0.05, 0.1) is 6.10 Å². The molecule has 2 aromatic carbocycles. The van der Waals surface area contributed by atoms with Gasteiger partial charge in [0.25, 0.3) is 0 Å². The minimum atomic E-state index is -4.06. The molecule has 1 unspecified atom stereocenters. The zero-order chi connectivity index (χ0) is 26.2. The Hall–Kier alpha value is -3.08. The van der Waals surface area contributed by atoms with Crippen molar-refractivity contribution in [2.75, 3.05) is 32.8 Å². The molecule has 1 amide bonds. The van der Waals surface area contributed by atoms with Crippen molar-refractivity contribution in [2.45, 2.75) is 24.9 Å². The minimum absolute atomic E-state index is 0.103. The van der Waals surface area contributed by atoms with Gasteiger partial charge in [-0.2, -0.15) is 8.78 Å². The Morgan fingerprint density at radius 1 is 1.14 bits per heavy atom. The molecule has 2 atom stereocenters. The van der Waals surface area contributed by atoms with Crippen LogP contribution in [-0.2, 0) is 10.7 Å². The standard InChI is InChI=1S/C26H24ClF3N2O5/c27-17-3-4-20-15(9-17)10-23(37-20)26(29,30)25(34)31-13-16(14-32-5-1-2-6-32)24(33)18-11-21-22(12-19(18)28)36-8-7-35-21/h3-4,9-13,16,24,33H,1-2,5-8,14H2/t16?,24-/m1/s1. The minimum Gasteiger partial charge on any atom is -0.486 e. The number of fused-ring (bicyclic) bond motifs is 2. The summed E-state index contributed by atoms with van der Waals surface area (Å²) in [5.74, 6) is -7.91. The van der Waals surface area contributed by atoms with Crippen molar-refractivity contribution in [2.24, 2.45) is 10.9 Å². The summed E-state index contributed by atoms with van der Waals surface area (Å²) in [7, 11) is 0. The van der Waals surface area contributed by atoms with Crippen molar-refractivity contribution in [3.63, 3.8) is 0 Å². The summed E-state index contributed by atoms with van der Waals surface area (Å²) in [6.07, 6.45) is 1.36. The molecular weight excluding hydrogens is 513 g/mol. The molecule has 1 aromatic heterocycles. The molecule has 0 radical (unpaired) electrons. The number of furan rings is 1. The average Bonchev–Trinajstić information content (AvgIpc) is 3.55. The van der Waals surface area contributed by atoms with Gasteiger partial charge < -0.3 is 23.9 Å². The van der Waals surface area contributed by atoms with E-state index in [9.17, 15) is 23.1 Å². The number of aliphatic hydroxyl groups is 1. The number of hydrogen-bond donors (Lipinski definition) is 1. The lowest BCUT2D eigenvalue weighted by molar-refractivity contribution is -0.145. The summed E-state index contributed by atoms with van der Waals surface area (Å²) in [4.78, 5) is 18.0. The molecule has 0 bridgehead atoms. The number of halogens is 4. The number of ether oxygens (including phenoxy) is 2. The molecule has 5 rings (SSSR count). The number of aliphatic imine (C=N–C) groups is 1. The maximum atomic E-state index is 15.0. The van der Waals surface area contributed by atoms with Gasteiger partial charge in [0.15, 0.2) is 17.3 Å². The maximum absolute atomic E-state index is 15.0. The lowest BCUT2D eigenvalue weighted by Crippen LogP contribution is -2.32. The number of rotatable bonds is 7. The van der Waals surface area contributed by atoms with E-state index in [1.807, 2.05) is 4.90 Å². The summed E-state index contributed by atoms with van der Waals surface area (Å²) in [6.45, 7) is 2.19. The summed E-state index contributed by atoms with van der Waals surface area (Å²) < 4.78 is 60.8. The number of benzene rings is 2. The summed E-state index contributed by atoms with van der Waals surface area (Å²) >= 11 is 5.90. The van der Waals surface area contributed by atoms with Crippen LogP contribution in [0.5, 0.6) is 11.5 Å². The molecule has 3 heterocycles. The zero-order valence-electron chi connectivity index (χ0n) is 19.6. The highest BCUT2D eigenvalue weighted by Crippen LogP contribution is 2.38. The summed E-state index contributed by atoms with van der Waals surface area (Å²) in [5, 5.41) is 11.7. The largest absolute Gasteiger partial charge is 0.486 e. The summed E-state index contributed by atoms with van der Waals surface area (Å²) in [6, 6.07) is 7.83. The van der Waals surface area contributed by atoms with Crippen LogP contribution in [0.1, 0.15) is 30.3 Å². The van der Waals surface area contributed by atoms with Crippen LogP contribution in [0.25, 0.3) is 11.0 Å². The number of carbonyl (C=O) groups is 1. The van der Waals surface area contributed by atoms with Gasteiger partial charge in [-0.3, -0.25) is 4.79 Å². The van der Waals surface area contributed by atoms with Gasteiger partial charge in [0.2, 0.25) is 0 Å². The fourth-order valence-electron chi connectivity index (χ4n) is 4.55. The van der Waals surface area contributed by atoms with Crippen molar-refractivity contribution < 1.29 is 37.0 Å². The average molecular weight is 537 g/mol. The number of nitrogens with zero attached hydrogens (tertiary/aromatic N) is 2. The van der Waals surface area contributed by atoms with Gasteiger partial charge in [-0.25, -0.2) is 9.38 Å². The van der Waals surface area contributed by atoms with Gasteiger partial charge in [0.1, 0.15) is 24.6 Å². The highest BCUT2D eigenvalue weighted by atomic mass is 35.5. The normalized spacial score (nSPS) is 18.0. The van der Waals surface area contributed by atoms with Gasteiger partial charge in [-0.15, -0.1) is 0 Å². The molecule has 3 aromatic rings. The van der Waals surface area contributed by atoms with E-state index in [1.54, 1.807) is 0 Å². The van der Waals surface area contributed by atoms with Crippen LogP contribution in [0.15, 0.2) is 45.8 Å². The molecule has 7 nitrogen and oxygen atoms in total. The van der Waals surface area contributed by atoms with Crippen molar-refractivity contribution in [3.8, 4) is 11.5 Å². The predicted octanol–water partition coefficient (Wildman–Crippen LogP) is 5.13. The Bertz CT molecular complexity index is 1340. The Morgan fingerprint density at radius 3 is 2.57 bits per heavy atom. The molecule has 1 saturated heterocycles. The Balaban J connectivity index is 1.41. The van der Waals surface area contributed by atoms with Gasteiger partial charge in [-0.05, 0) is 56.3 Å². The molecule has 0 saturated carbocycles. The number of aliphatic hydroxyl groups excluding tert-OH is 1. The van der Waals surface area contributed by atoms with Crippen molar-refractivity contribution in [1.29, 1.82) is 0 Å². The van der Waals surface area contributed by atoms with Crippen LogP contribution >= 0.6 is 11.6 Å². The van der Waals surface area contributed by atoms with E-state index < -0.39 is 35.4 Å². The highest BCUT2D eigenvalue weighted by molar-refractivity contribution is 6.31. The fourth-order valence-corrected chi connectivity index (χ4v) is 4.73. The number of likely N-dealkylation sites (tertiary alicyclic amines) is 1. The highest BCUT2D eigenvalue weighted by Gasteiger charge is 2.44. The molecule has 2 aliphatic heterocycles. The molecule has 0 spiro atoms. The SMILES string of the molecule is O=C(N=CC(CN1CCCC1)[C@@H](O)c1cc2c(cc1F)OCCO2)C(F)(F)c1cc2cc(Cl)ccc2o1. The number of carbonyl (C=O) groups excluding carboxylic acids is 1.